The summed E-state index contributed by atoms with van der Waals surface area (Å²) < 4.78 is 11.9. The summed E-state index contributed by atoms with van der Waals surface area (Å²) in [7, 11) is 6.57. The number of hydrogen-bond acceptors (Lipinski definition) is 8. The van der Waals surface area contributed by atoms with E-state index in [2.05, 4.69) is 16.0 Å². The number of nitrogens with one attached hydrogen (secondary N) is 3. The van der Waals surface area contributed by atoms with Crippen LogP contribution in [0.2, 0.25) is 0 Å². The fourth-order valence-electron chi connectivity index (χ4n) is 7.42. The summed E-state index contributed by atoms with van der Waals surface area (Å²) in [6.07, 6.45) is 0.147. The van der Waals surface area contributed by atoms with Gasteiger partial charge in [0.25, 0.3) is 0 Å². The fourth-order valence-corrected chi connectivity index (χ4v) is 7.42. The van der Waals surface area contributed by atoms with Crippen LogP contribution in [0.4, 0.5) is 0 Å². The van der Waals surface area contributed by atoms with E-state index < -0.39 is 48.4 Å². The van der Waals surface area contributed by atoms with Gasteiger partial charge in [-0.2, -0.15) is 0 Å². The second kappa shape index (κ2) is 20.8. The molecule has 1 aliphatic rings. The minimum atomic E-state index is -0.875. The molecular formula is C39H67N5O7. The van der Waals surface area contributed by atoms with E-state index in [0.717, 1.165) is 12.8 Å². The Morgan fingerprint density at radius 3 is 2.04 bits per heavy atom. The standard InChI is InChI=1S/C39H67N5O7/c1-13-25(6)34(43(10)39(49)33(24(4)5)42-38(48)32(40-9)23(2)3)30(50-11)22-31(45)44-21-17-20-29(44)36(51-12)26(7)37(47)41-27(8)35(46)28-18-15-14-16-19-28/h14-16,18-19,23-27,29-30,32-36,40,46H,13,17,20-22H2,1-12H3,(H,41,47)(H,42,48)/t25-,26-,27-,29-,30-,32+,33+,34?,35-,36-/m1/s1. The van der Waals surface area contributed by atoms with Gasteiger partial charge in [0.2, 0.25) is 23.6 Å². The van der Waals surface area contributed by atoms with E-state index in [1.165, 1.54) is 0 Å². The van der Waals surface area contributed by atoms with Crippen LogP contribution in [0.5, 0.6) is 0 Å². The Kier molecular flexibility index (Phi) is 18.0. The van der Waals surface area contributed by atoms with Gasteiger partial charge in [-0.3, -0.25) is 19.2 Å². The molecule has 1 aromatic rings. The first-order valence-corrected chi connectivity index (χ1v) is 18.7. The van der Waals surface area contributed by atoms with Crippen molar-refractivity contribution >= 4 is 23.6 Å². The summed E-state index contributed by atoms with van der Waals surface area (Å²) in [5.41, 5.74) is 0.711. The van der Waals surface area contributed by atoms with Crippen LogP contribution in [-0.2, 0) is 28.7 Å². The summed E-state index contributed by atoms with van der Waals surface area (Å²) in [6.45, 7) is 15.9. The lowest BCUT2D eigenvalue weighted by Crippen LogP contribution is -2.59. The Hall–Kier alpha value is -3.06. The Morgan fingerprint density at radius 1 is 0.922 bits per heavy atom. The molecule has 0 aliphatic carbocycles. The number of likely N-dealkylation sites (N-methyl/N-ethyl adjacent to an activating group) is 2. The molecule has 2 rings (SSSR count). The van der Waals surface area contributed by atoms with E-state index >= 15 is 0 Å². The molecule has 10 atom stereocenters. The number of amides is 4. The Balaban J connectivity index is 2.24. The van der Waals surface area contributed by atoms with E-state index in [9.17, 15) is 24.3 Å². The van der Waals surface area contributed by atoms with Gasteiger partial charge in [-0.25, -0.2) is 0 Å². The van der Waals surface area contributed by atoms with Crippen molar-refractivity contribution in [3.8, 4) is 0 Å². The van der Waals surface area contributed by atoms with Gasteiger partial charge in [-0.1, -0.05) is 85.2 Å². The van der Waals surface area contributed by atoms with Crippen LogP contribution in [-0.4, -0.2) is 116 Å². The van der Waals surface area contributed by atoms with Crippen LogP contribution in [0, 0.1) is 23.7 Å². The Labute approximate surface area is 306 Å². The number of carbonyl (C=O) groups is 4. The first kappa shape index (κ1) is 44.1. The third-order valence-corrected chi connectivity index (χ3v) is 10.7. The Morgan fingerprint density at radius 2 is 1.53 bits per heavy atom. The van der Waals surface area contributed by atoms with Crippen molar-refractivity contribution < 1.29 is 33.8 Å². The molecule has 0 bridgehead atoms. The predicted octanol–water partition coefficient (Wildman–Crippen LogP) is 3.53. The molecule has 1 saturated heterocycles. The smallest absolute Gasteiger partial charge is 0.245 e. The number of aliphatic hydroxyl groups is 1. The normalized spacial score (nSPS) is 20.1. The zero-order chi connectivity index (χ0) is 38.6. The lowest BCUT2D eigenvalue weighted by molar-refractivity contribution is -0.148. The summed E-state index contributed by atoms with van der Waals surface area (Å²) >= 11 is 0. The predicted molar refractivity (Wildman–Crippen MR) is 200 cm³/mol. The van der Waals surface area contributed by atoms with Crippen molar-refractivity contribution in [1.82, 2.24) is 25.8 Å². The first-order chi connectivity index (χ1) is 24.0. The molecule has 1 aromatic carbocycles. The SMILES string of the molecule is CC[C@@H](C)C([C@@H](CC(=O)N1CCC[C@@H]1[C@H](OC)[C@@H](C)C(=O)N[C@H](C)[C@@H](O)c1ccccc1)OC)N(C)C(=O)[C@@H](NC(=O)[C@@H](NC)C(C)C)C(C)C. The number of benzene rings is 1. The van der Waals surface area contributed by atoms with Crippen LogP contribution < -0.4 is 16.0 Å². The van der Waals surface area contributed by atoms with Crippen LogP contribution in [0.1, 0.15) is 92.7 Å². The van der Waals surface area contributed by atoms with Crippen LogP contribution in [0.15, 0.2) is 30.3 Å². The van der Waals surface area contributed by atoms with Crippen LogP contribution >= 0.6 is 0 Å². The van der Waals surface area contributed by atoms with Crippen LogP contribution in [0.3, 0.4) is 0 Å². The topological polar surface area (TPSA) is 150 Å². The van der Waals surface area contributed by atoms with Crippen molar-refractivity contribution in [1.29, 1.82) is 0 Å². The molecule has 0 saturated carbocycles. The average molecular weight is 718 g/mol. The number of aliphatic hydroxyl groups excluding tert-OH is 1. The van der Waals surface area contributed by atoms with Crippen molar-refractivity contribution in [2.75, 3.05) is 34.9 Å². The molecule has 1 unspecified atom stereocenters. The van der Waals surface area contributed by atoms with Gasteiger partial charge in [-0.15, -0.1) is 0 Å². The van der Waals surface area contributed by atoms with Crippen molar-refractivity contribution in [2.45, 2.75) is 130 Å². The number of nitrogens with zero attached hydrogens (tertiary/aromatic N) is 2. The average Bonchev–Trinajstić information content (AvgIpc) is 3.59. The van der Waals surface area contributed by atoms with Crippen molar-refractivity contribution in [3.05, 3.63) is 35.9 Å². The molecule has 0 spiro atoms. The summed E-state index contributed by atoms with van der Waals surface area (Å²) in [4.78, 5) is 58.3. The molecule has 1 aliphatic heterocycles. The summed E-state index contributed by atoms with van der Waals surface area (Å²) in [5.74, 6) is -1.62. The first-order valence-electron chi connectivity index (χ1n) is 18.7. The molecule has 12 nitrogen and oxygen atoms in total. The molecular weight excluding hydrogens is 650 g/mol. The zero-order valence-electron chi connectivity index (χ0n) is 33.1. The van der Waals surface area contributed by atoms with Gasteiger partial charge in [0.05, 0.1) is 54.8 Å². The van der Waals surface area contributed by atoms with Gasteiger partial charge in [-0.05, 0) is 50.1 Å². The molecule has 51 heavy (non-hydrogen) atoms. The zero-order valence-corrected chi connectivity index (χ0v) is 33.1. The van der Waals surface area contributed by atoms with Gasteiger partial charge in [0.15, 0.2) is 0 Å². The largest absolute Gasteiger partial charge is 0.386 e. The number of likely N-dealkylation sites (tertiary alicyclic amines) is 1. The van der Waals surface area contributed by atoms with Gasteiger partial charge in [0.1, 0.15) is 6.04 Å². The summed E-state index contributed by atoms with van der Waals surface area (Å²) in [6, 6.07) is 6.67. The molecule has 1 heterocycles. The maximum atomic E-state index is 14.1. The highest BCUT2D eigenvalue weighted by atomic mass is 16.5. The van der Waals surface area contributed by atoms with E-state index in [4.69, 9.17) is 9.47 Å². The van der Waals surface area contributed by atoms with E-state index in [1.807, 2.05) is 71.9 Å². The van der Waals surface area contributed by atoms with Gasteiger partial charge < -0.3 is 40.3 Å². The van der Waals surface area contributed by atoms with Crippen molar-refractivity contribution in [3.63, 3.8) is 0 Å². The maximum Gasteiger partial charge on any atom is 0.245 e. The molecule has 4 N–H and O–H groups in total. The van der Waals surface area contributed by atoms with E-state index in [0.29, 0.717) is 18.5 Å². The molecule has 4 amide bonds. The van der Waals surface area contributed by atoms with E-state index in [1.54, 1.807) is 52.0 Å². The molecule has 1 fully saturated rings. The molecule has 290 valence electrons. The minimum Gasteiger partial charge on any atom is -0.386 e. The molecule has 0 aromatic heterocycles. The lowest BCUT2D eigenvalue weighted by Gasteiger charge is -2.41. The number of rotatable bonds is 20. The highest BCUT2D eigenvalue weighted by Gasteiger charge is 2.43. The third kappa shape index (κ3) is 11.5. The second-order valence-electron chi connectivity index (χ2n) is 15.0. The highest BCUT2D eigenvalue weighted by molar-refractivity contribution is 5.90. The molecule has 0 radical (unpaired) electrons. The lowest BCUT2D eigenvalue weighted by atomic mass is 9.89. The highest BCUT2D eigenvalue weighted by Crippen LogP contribution is 2.30. The second-order valence-corrected chi connectivity index (χ2v) is 15.0. The number of methoxy groups -OCH3 is 2. The third-order valence-electron chi connectivity index (χ3n) is 10.7. The number of hydrogen-bond donors (Lipinski definition) is 4. The van der Waals surface area contributed by atoms with Crippen molar-refractivity contribution in [2.24, 2.45) is 23.7 Å². The Bertz CT molecular complexity index is 1250. The number of carbonyl (C=O) groups excluding carboxylic acids is 4. The minimum absolute atomic E-state index is 0.0148. The number of ether oxygens (including phenoxy) is 2. The van der Waals surface area contributed by atoms with Crippen LogP contribution in [0.25, 0.3) is 0 Å². The van der Waals surface area contributed by atoms with E-state index in [-0.39, 0.29) is 53.8 Å². The van der Waals surface area contributed by atoms with Gasteiger partial charge in [0, 0.05) is 27.8 Å². The monoisotopic (exact) mass is 718 g/mol. The fraction of sp³-hybridized carbons (Fsp3) is 0.744. The summed E-state index contributed by atoms with van der Waals surface area (Å²) in [5, 5.41) is 19.8. The maximum absolute atomic E-state index is 14.1. The molecule has 12 heteroatoms. The van der Waals surface area contributed by atoms with Gasteiger partial charge >= 0.3 is 0 Å². The quantitative estimate of drug-likeness (QED) is 0.160.